The molecule has 4 heteroatoms. The third kappa shape index (κ3) is 4.56. The van der Waals surface area contributed by atoms with Crippen LogP contribution in [0.2, 0.25) is 0 Å². The molecule has 1 amide bonds. The summed E-state index contributed by atoms with van der Waals surface area (Å²) in [6, 6.07) is 5.90. The predicted octanol–water partition coefficient (Wildman–Crippen LogP) is 5.55. The Labute approximate surface area is 144 Å². The molecule has 0 unspecified atom stereocenters. The lowest BCUT2D eigenvalue weighted by atomic mass is 9.63. The standard InChI is InChI=1S/C17H23Br2NO/c1-16(2)8-12(9-17(3,4)10-16)20-15(21)13-6-5-11(18)7-14(13)19/h5-7,12H,8-10H2,1-4H3,(H,20,21). The van der Waals surface area contributed by atoms with Gasteiger partial charge in [0.2, 0.25) is 0 Å². The number of hydrogen-bond acceptors (Lipinski definition) is 1. The van der Waals surface area contributed by atoms with Crippen LogP contribution in [-0.2, 0) is 0 Å². The summed E-state index contributed by atoms with van der Waals surface area (Å²) in [4.78, 5) is 12.5. The summed E-state index contributed by atoms with van der Waals surface area (Å²) < 4.78 is 1.79. The number of carbonyl (C=O) groups excluding carboxylic acids is 1. The van der Waals surface area contributed by atoms with Crippen molar-refractivity contribution < 1.29 is 4.79 Å². The maximum atomic E-state index is 12.5. The molecular weight excluding hydrogens is 394 g/mol. The van der Waals surface area contributed by atoms with E-state index in [1.807, 2.05) is 18.2 Å². The number of rotatable bonds is 2. The molecule has 1 aromatic carbocycles. The third-order valence-corrected chi connectivity index (χ3v) is 5.22. The van der Waals surface area contributed by atoms with E-state index >= 15 is 0 Å². The Balaban J connectivity index is 2.12. The van der Waals surface area contributed by atoms with Crippen LogP contribution in [0, 0.1) is 10.8 Å². The minimum absolute atomic E-state index is 0.00729. The highest BCUT2D eigenvalue weighted by atomic mass is 79.9. The van der Waals surface area contributed by atoms with Gasteiger partial charge in [0.25, 0.3) is 5.91 Å². The van der Waals surface area contributed by atoms with E-state index in [1.165, 1.54) is 6.42 Å². The van der Waals surface area contributed by atoms with Crippen molar-refractivity contribution in [1.82, 2.24) is 5.32 Å². The van der Waals surface area contributed by atoms with Gasteiger partial charge < -0.3 is 5.32 Å². The first-order chi connectivity index (χ1) is 9.58. The summed E-state index contributed by atoms with van der Waals surface area (Å²) in [5.41, 5.74) is 1.24. The monoisotopic (exact) mass is 415 g/mol. The number of hydrogen-bond donors (Lipinski definition) is 1. The first-order valence-electron chi connectivity index (χ1n) is 7.34. The maximum absolute atomic E-state index is 12.5. The highest BCUT2D eigenvalue weighted by molar-refractivity contribution is 9.11. The Morgan fingerprint density at radius 2 is 1.71 bits per heavy atom. The van der Waals surface area contributed by atoms with Crippen LogP contribution < -0.4 is 5.32 Å². The van der Waals surface area contributed by atoms with Crippen LogP contribution in [0.15, 0.2) is 27.1 Å². The fraction of sp³-hybridized carbons (Fsp3) is 0.588. The largest absolute Gasteiger partial charge is 0.349 e. The second kappa shape index (κ2) is 6.04. The second-order valence-electron chi connectivity index (χ2n) is 7.71. The lowest BCUT2D eigenvalue weighted by molar-refractivity contribution is 0.0713. The number of halogens is 2. The van der Waals surface area contributed by atoms with Crippen LogP contribution in [0.3, 0.4) is 0 Å². The van der Waals surface area contributed by atoms with Crippen molar-refractivity contribution >= 4 is 37.8 Å². The molecule has 2 rings (SSSR count). The zero-order chi connectivity index (χ0) is 15.8. The minimum Gasteiger partial charge on any atom is -0.349 e. The molecule has 1 aliphatic carbocycles. The lowest BCUT2D eigenvalue weighted by Crippen LogP contribution is -2.46. The van der Waals surface area contributed by atoms with Crippen LogP contribution in [0.5, 0.6) is 0 Å². The van der Waals surface area contributed by atoms with Gasteiger partial charge in [-0.3, -0.25) is 4.79 Å². The number of nitrogens with one attached hydrogen (secondary N) is 1. The van der Waals surface area contributed by atoms with Crippen LogP contribution in [0.25, 0.3) is 0 Å². The molecule has 0 radical (unpaired) electrons. The van der Waals surface area contributed by atoms with Gasteiger partial charge in [0.1, 0.15) is 0 Å². The molecule has 0 saturated heterocycles. The smallest absolute Gasteiger partial charge is 0.252 e. The molecule has 0 atom stereocenters. The zero-order valence-corrected chi connectivity index (χ0v) is 16.3. The molecule has 0 aromatic heterocycles. The summed E-state index contributed by atoms with van der Waals surface area (Å²) in [5, 5.41) is 3.22. The molecule has 1 aliphatic rings. The normalized spacial score (nSPS) is 21.0. The van der Waals surface area contributed by atoms with Gasteiger partial charge in [0.05, 0.1) is 5.56 Å². The highest BCUT2D eigenvalue weighted by Gasteiger charge is 2.39. The molecule has 1 fully saturated rings. The first-order valence-corrected chi connectivity index (χ1v) is 8.93. The van der Waals surface area contributed by atoms with Crippen molar-refractivity contribution in [3.8, 4) is 0 Å². The van der Waals surface area contributed by atoms with Gasteiger partial charge in [-0.1, -0.05) is 43.6 Å². The quantitative estimate of drug-likeness (QED) is 0.672. The molecule has 2 nitrogen and oxygen atoms in total. The molecular formula is C17H23Br2NO. The second-order valence-corrected chi connectivity index (χ2v) is 9.48. The van der Waals surface area contributed by atoms with Crippen LogP contribution >= 0.6 is 31.9 Å². The van der Waals surface area contributed by atoms with E-state index in [0.29, 0.717) is 5.56 Å². The predicted molar refractivity (Wildman–Crippen MR) is 94.5 cm³/mol. The minimum atomic E-state index is 0.00729. The molecule has 116 valence electrons. The van der Waals surface area contributed by atoms with Gasteiger partial charge in [0, 0.05) is 15.0 Å². The molecule has 0 bridgehead atoms. The zero-order valence-electron chi connectivity index (χ0n) is 13.1. The van der Waals surface area contributed by atoms with Crippen molar-refractivity contribution in [1.29, 1.82) is 0 Å². The highest BCUT2D eigenvalue weighted by Crippen LogP contribution is 2.45. The van der Waals surface area contributed by atoms with Crippen molar-refractivity contribution in [3.05, 3.63) is 32.7 Å². The summed E-state index contributed by atoms with van der Waals surface area (Å²) in [7, 11) is 0. The Morgan fingerprint density at radius 1 is 1.14 bits per heavy atom. The Kier molecular flexibility index (Phi) is 4.89. The van der Waals surface area contributed by atoms with E-state index in [-0.39, 0.29) is 22.8 Å². The van der Waals surface area contributed by atoms with E-state index in [9.17, 15) is 4.79 Å². The topological polar surface area (TPSA) is 29.1 Å². The number of carbonyl (C=O) groups is 1. The van der Waals surface area contributed by atoms with Gasteiger partial charge in [-0.25, -0.2) is 0 Å². The summed E-state index contributed by atoms with van der Waals surface area (Å²) in [5.74, 6) is 0.00729. The Hall–Kier alpha value is -0.350. The third-order valence-electron chi connectivity index (χ3n) is 4.07. The fourth-order valence-corrected chi connectivity index (χ4v) is 5.11. The fourth-order valence-electron chi connectivity index (χ4n) is 3.88. The van der Waals surface area contributed by atoms with Gasteiger partial charge in [-0.15, -0.1) is 0 Å². The van der Waals surface area contributed by atoms with E-state index in [1.54, 1.807) is 0 Å². The molecule has 0 aliphatic heterocycles. The number of benzene rings is 1. The summed E-state index contributed by atoms with van der Waals surface area (Å²) in [6.07, 6.45) is 3.28. The van der Waals surface area contributed by atoms with Crippen molar-refractivity contribution in [2.24, 2.45) is 10.8 Å². The van der Waals surface area contributed by atoms with Gasteiger partial charge in [-0.05, 0) is 64.2 Å². The molecule has 0 spiro atoms. The summed E-state index contributed by atoms with van der Waals surface area (Å²) in [6.45, 7) is 9.18. The van der Waals surface area contributed by atoms with Crippen LogP contribution in [0.4, 0.5) is 0 Å². The van der Waals surface area contributed by atoms with Gasteiger partial charge in [-0.2, -0.15) is 0 Å². The molecule has 1 N–H and O–H groups in total. The lowest BCUT2D eigenvalue weighted by Gasteiger charge is -2.45. The molecule has 1 saturated carbocycles. The molecule has 0 heterocycles. The average Bonchev–Trinajstić information content (AvgIpc) is 2.23. The van der Waals surface area contributed by atoms with Crippen LogP contribution in [0.1, 0.15) is 57.3 Å². The average molecular weight is 417 g/mol. The maximum Gasteiger partial charge on any atom is 0.252 e. The first kappa shape index (κ1) is 17.0. The SMILES string of the molecule is CC1(C)CC(NC(=O)c2ccc(Br)cc2Br)CC(C)(C)C1. The van der Waals surface area contributed by atoms with Crippen molar-refractivity contribution in [2.75, 3.05) is 0 Å². The van der Waals surface area contributed by atoms with Crippen LogP contribution in [-0.4, -0.2) is 11.9 Å². The molecule has 21 heavy (non-hydrogen) atoms. The van der Waals surface area contributed by atoms with Crippen molar-refractivity contribution in [2.45, 2.75) is 53.0 Å². The van der Waals surface area contributed by atoms with E-state index < -0.39 is 0 Å². The van der Waals surface area contributed by atoms with Gasteiger partial charge >= 0.3 is 0 Å². The molecule has 1 aromatic rings. The van der Waals surface area contributed by atoms with E-state index in [4.69, 9.17) is 0 Å². The van der Waals surface area contributed by atoms with E-state index in [0.717, 1.165) is 21.8 Å². The van der Waals surface area contributed by atoms with Gasteiger partial charge in [0.15, 0.2) is 0 Å². The number of amides is 1. The Morgan fingerprint density at radius 3 is 2.24 bits per heavy atom. The Bertz CT molecular complexity index is 536. The van der Waals surface area contributed by atoms with E-state index in [2.05, 4.69) is 64.9 Å². The summed E-state index contributed by atoms with van der Waals surface area (Å²) >= 11 is 6.88. The van der Waals surface area contributed by atoms with Crippen molar-refractivity contribution in [3.63, 3.8) is 0 Å².